The van der Waals surface area contributed by atoms with Gasteiger partial charge in [-0.15, -0.1) is 0 Å². The van der Waals surface area contributed by atoms with Gasteiger partial charge in [-0.2, -0.15) is 0 Å². The van der Waals surface area contributed by atoms with Crippen LogP contribution in [0, 0.1) is 6.92 Å². The van der Waals surface area contributed by atoms with E-state index in [1.807, 2.05) is 14.0 Å². The van der Waals surface area contributed by atoms with E-state index in [-0.39, 0.29) is 11.2 Å². The van der Waals surface area contributed by atoms with Gasteiger partial charge in [-0.05, 0) is 49.5 Å². The Hall–Kier alpha value is -1.15. The third kappa shape index (κ3) is 3.95. The van der Waals surface area contributed by atoms with Crippen molar-refractivity contribution in [2.24, 2.45) is 0 Å². The van der Waals surface area contributed by atoms with E-state index in [4.69, 9.17) is 0 Å². The van der Waals surface area contributed by atoms with E-state index in [0.717, 1.165) is 24.1 Å². The summed E-state index contributed by atoms with van der Waals surface area (Å²) < 4.78 is 0. The summed E-state index contributed by atoms with van der Waals surface area (Å²) in [5, 5.41) is 3.07. The fourth-order valence-corrected chi connectivity index (χ4v) is 1.95. The van der Waals surface area contributed by atoms with Crippen molar-refractivity contribution in [1.29, 1.82) is 0 Å². The summed E-state index contributed by atoms with van der Waals surface area (Å²) in [5.41, 5.74) is 3.29. The van der Waals surface area contributed by atoms with E-state index in [0.29, 0.717) is 6.42 Å². The van der Waals surface area contributed by atoms with Crippen molar-refractivity contribution >= 4 is 5.78 Å². The van der Waals surface area contributed by atoms with Crippen LogP contribution in [0.1, 0.15) is 55.1 Å². The zero-order chi connectivity index (χ0) is 13.8. The van der Waals surface area contributed by atoms with Crippen molar-refractivity contribution in [3.05, 3.63) is 34.9 Å². The topological polar surface area (TPSA) is 29.1 Å². The Morgan fingerprint density at radius 1 is 1.28 bits per heavy atom. The van der Waals surface area contributed by atoms with Crippen molar-refractivity contribution in [3.8, 4) is 0 Å². The number of carbonyl (C=O) groups excluding carboxylic acids is 1. The zero-order valence-corrected chi connectivity index (χ0v) is 12.3. The lowest BCUT2D eigenvalue weighted by Crippen LogP contribution is -2.14. The van der Waals surface area contributed by atoms with Crippen LogP contribution in [0.15, 0.2) is 18.2 Å². The minimum absolute atomic E-state index is 0.0910. The molecule has 0 atom stereocenters. The molecule has 1 N–H and O–H groups in total. The van der Waals surface area contributed by atoms with Crippen LogP contribution < -0.4 is 5.32 Å². The van der Waals surface area contributed by atoms with Crippen LogP contribution in [0.4, 0.5) is 0 Å². The molecule has 0 aliphatic rings. The van der Waals surface area contributed by atoms with E-state index < -0.39 is 0 Å². The first-order valence-corrected chi connectivity index (χ1v) is 6.65. The first-order chi connectivity index (χ1) is 8.36. The molecule has 0 aliphatic carbocycles. The van der Waals surface area contributed by atoms with Gasteiger partial charge in [-0.1, -0.05) is 32.9 Å². The lowest BCUT2D eigenvalue weighted by atomic mass is 9.84. The lowest BCUT2D eigenvalue weighted by Gasteiger charge is -2.20. The van der Waals surface area contributed by atoms with Crippen LogP contribution in [-0.2, 0) is 5.41 Å². The number of benzene rings is 1. The van der Waals surface area contributed by atoms with E-state index in [1.54, 1.807) is 0 Å². The van der Waals surface area contributed by atoms with Gasteiger partial charge in [0, 0.05) is 12.0 Å². The van der Waals surface area contributed by atoms with Crippen LogP contribution in [0.2, 0.25) is 0 Å². The molecule has 0 fully saturated rings. The van der Waals surface area contributed by atoms with Gasteiger partial charge in [0.2, 0.25) is 0 Å². The highest BCUT2D eigenvalue weighted by molar-refractivity contribution is 5.97. The molecule has 0 bridgehead atoms. The first kappa shape index (κ1) is 14.9. The summed E-state index contributed by atoms with van der Waals surface area (Å²) >= 11 is 0. The fourth-order valence-electron chi connectivity index (χ4n) is 1.95. The van der Waals surface area contributed by atoms with Crippen molar-refractivity contribution in [2.45, 2.75) is 46.0 Å². The van der Waals surface area contributed by atoms with E-state index in [9.17, 15) is 4.79 Å². The highest BCUT2D eigenvalue weighted by atomic mass is 16.1. The summed E-state index contributed by atoms with van der Waals surface area (Å²) in [6.07, 6.45) is 1.52. The van der Waals surface area contributed by atoms with Gasteiger partial charge in [-0.25, -0.2) is 0 Å². The number of ketones is 1. The molecule has 0 heterocycles. The molecule has 2 nitrogen and oxygen atoms in total. The lowest BCUT2D eigenvalue weighted by molar-refractivity contribution is 0.0979. The monoisotopic (exact) mass is 247 g/mol. The second-order valence-corrected chi connectivity index (χ2v) is 5.91. The molecule has 1 rings (SSSR count). The van der Waals surface area contributed by atoms with Crippen LogP contribution in [0.3, 0.4) is 0 Å². The average molecular weight is 247 g/mol. The molecule has 0 amide bonds. The Bertz CT molecular complexity index is 416. The minimum Gasteiger partial charge on any atom is -0.320 e. The Balaban J connectivity index is 2.90. The number of hydrogen-bond acceptors (Lipinski definition) is 2. The molecule has 1 aromatic carbocycles. The SMILES string of the molecule is CNCCCC(=O)c1cc(C(C)(C)C)ccc1C. The van der Waals surface area contributed by atoms with Crippen LogP contribution in [-0.4, -0.2) is 19.4 Å². The number of hydrogen-bond donors (Lipinski definition) is 1. The molecule has 1 aromatic rings. The molecular weight excluding hydrogens is 222 g/mol. The Morgan fingerprint density at radius 2 is 1.94 bits per heavy atom. The second kappa shape index (κ2) is 6.14. The maximum atomic E-state index is 12.2. The van der Waals surface area contributed by atoms with Gasteiger partial charge in [0.1, 0.15) is 0 Å². The smallest absolute Gasteiger partial charge is 0.163 e. The molecule has 0 radical (unpaired) electrons. The quantitative estimate of drug-likeness (QED) is 0.637. The highest BCUT2D eigenvalue weighted by Gasteiger charge is 2.17. The number of rotatable bonds is 5. The second-order valence-electron chi connectivity index (χ2n) is 5.91. The maximum absolute atomic E-state index is 12.2. The summed E-state index contributed by atoms with van der Waals surface area (Å²) in [7, 11) is 1.91. The van der Waals surface area contributed by atoms with Crippen molar-refractivity contribution in [2.75, 3.05) is 13.6 Å². The molecule has 2 heteroatoms. The summed E-state index contributed by atoms with van der Waals surface area (Å²) in [4.78, 5) is 12.2. The minimum atomic E-state index is 0.0910. The fraction of sp³-hybridized carbons (Fsp3) is 0.562. The van der Waals surface area contributed by atoms with Gasteiger partial charge < -0.3 is 5.32 Å². The van der Waals surface area contributed by atoms with Crippen molar-refractivity contribution in [1.82, 2.24) is 5.32 Å². The zero-order valence-electron chi connectivity index (χ0n) is 12.3. The molecular formula is C16H25NO. The van der Waals surface area contributed by atoms with Gasteiger partial charge >= 0.3 is 0 Å². The Labute approximate surface area is 111 Å². The number of Topliss-reactive ketones (excluding diaryl/α,β-unsaturated/α-hetero) is 1. The standard InChI is InChI=1S/C16H25NO/c1-12-8-9-13(16(2,3)4)11-14(12)15(18)7-6-10-17-5/h8-9,11,17H,6-7,10H2,1-5H3. The summed E-state index contributed by atoms with van der Waals surface area (Å²) in [6.45, 7) is 9.42. The van der Waals surface area contributed by atoms with Gasteiger partial charge in [0.05, 0.1) is 0 Å². The average Bonchev–Trinajstić information content (AvgIpc) is 2.28. The molecule has 0 saturated carbocycles. The normalized spacial score (nSPS) is 11.6. The highest BCUT2D eigenvalue weighted by Crippen LogP contribution is 2.25. The third-order valence-electron chi connectivity index (χ3n) is 3.23. The van der Waals surface area contributed by atoms with Crippen LogP contribution >= 0.6 is 0 Å². The molecule has 18 heavy (non-hydrogen) atoms. The number of nitrogens with one attached hydrogen (secondary N) is 1. The molecule has 0 aromatic heterocycles. The third-order valence-corrected chi connectivity index (χ3v) is 3.23. The molecule has 100 valence electrons. The Morgan fingerprint density at radius 3 is 2.50 bits per heavy atom. The maximum Gasteiger partial charge on any atom is 0.163 e. The number of aryl methyl sites for hydroxylation is 1. The van der Waals surface area contributed by atoms with Crippen LogP contribution in [0.25, 0.3) is 0 Å². The largest absolute Gasteiger partial charge is 0.320 e. The van der Waals surface area contributed by atoms with Gasteiger partial charge in [-0.3, -0.25) is 4.79 Å². The summed E-state index contributed by atoms with van der Waals surface area (Å²) in [5.74, 6) is 0.258. The van der Waals surface area contributed by atoms with E-state index >= 15 is 0 Å². The van der Waals surface area contributed by atoms with Crippen LogP contribution in [0.5, 0.6) is 0 Å². The molecule has 0 spiro atoms. The summed E-state index contributed by atoms with van der Waals surface area (Å²) in [6, 6.07) is 6.25. The van der Waals surface area contributed by atoms with Crippen molar-refractivity contribution in [3.63, 3.8) is 0 Å². The van der Waals surface area contributed by atoms with E-state index in [2.05, 4.69) is 44.3 Å². The molecule has 0 saturated heterocycles. The first-order valence-electron chi connectivity index (χ1n) is 6.65. The molecule has 0 aliphatic heterocycles. The van der Waals surface area contributed by atoms with Crippen molar-refractivity contribution < 1.29 is 4.79 Å². The number of carbonyl (C=O) groups is 1. The predicted octanol–water partition coefficient (Wildman–Crippen LogP) is 3.47. The predicted molar refractivity (Wildman–Crippen MR) is 77.4 cm³/mol. The van der Waals surface area contributed by atoms with Gasteiger partial charge in [0.15, 0.2) is 5.78 Å². The Kier molecular flexibility index (Phi) is 5.09. The van der Waals surface area contributed by atoms with Gasteiger partial charge in [0.25, 0.3) is 0 Å². The van der Waals surface area contributed by atoms with E-state index in [1.165, 1.54) is 5.56 Å². The molecule has 0 unspecified atom stereocenters.